The van der Waals surface area contributed by atoms with Crippen LogP contribution in [0.2, 0.25) is 0 Å². The maximum Gasteiger partial charge on any atom is 0.270 e. The van der Waals surface area contributed by atoms with Crippen LogP contribution in [-0.2, 0) is 21.3 Å². The molecule has 12 heteroatoms. The van der Waals surface area contributed by atoms with Crippen molar-refractivity contribution in [3.05, 3.63) is 52.1 Å². The number of benzene rings is 2. The summed E-state index contributed by atoms with van der Waals surface area (Å²) in [7, 11) is -3.90. The Morgan fingerprint density at radius 1 is 0.912 bits per heavy atom. The molecule has 0 aliphatic carbocycles. The van der Waals surface area contributed by atoms with Crippen molar-refractivity contribution in [2.24, 2.45) is 0 Å². The van der Waals surface area contributed by atoms with Gasteiger partial charge in [0.2, 0.25) is 16.8 Å². The van der Waals surface area contributed by atoms with Crippen molar-refractivity contribution in [1.82, 2.24) is 9.21 Å². The van der Waals surface area contributed by atoms with Crippen molar-refractivity contribution >= 4 is 21.4 Å². The van der Waals surface area contributed by atoms with Gasteiger partial charge in [0.05, 0.1) is 23.8 Å². The molecule has 3 aliphatic heterocycles. The number of piperazine rings is 1. The third-order valence-electron chi connectivity index (χ3n) is 6.30. The number of rotatable bonds is 6. The van der Waals surface area contributed by atoms with E-state index in [0.717, 1.165) is 36.7 Å². The molecule has 0 unspecified atom stereocenters. The number of sulfonamides is 1. The van der Waals surface area contributed by atoms with Crippen LogP contribution >= 0.6 is 0 Å². The SMILES string of the molecule is O=[N+]([O-])c1ccc(N2CCN(Cc3ccc4c(c3)OCO4)CC2)c(S(=O)(=O)N2CCOCC2)c1. The number of non-ortho nitro benzene ring substituents is 1. The first kappa shape index (κ1) is 22.8. The molecule has 0 saturated carbocycles. The van der Waals surface area contributed by atoms with Crippen molar-refractivity contribution in [2.45, 2.75) is 11.4 Å². The predicted octanol–water partition coefficient (Wildman–Crippen LogP) is 1.67. The Hall–Kier alpha value is -2.93. The van der Waals surface area contributed by atoms with E-state index in [1.165, 1.54) is 16.4 Å². The number of nitrogens with zero attached hydrogens (tertiary/aromatic N) is 4. The topological polar surface area (TPSA) is 115 Å². The molecule has 0 atom stereocenters. The highest BCUT2D eigenvalue weighted by molar-refractivity contribution is 7.89. The van der Waals surface area contributed by atoms with Gasteiger partial charge in [0.15, 0.2) is 11.5 Å². The van der Waals surface area contributed by atoms with Gasteiger partial charge in [-0.3, -0.25) is 15.0 Å². The van der Waals surface area contributed by atoms with Crippen molar-refractivity contribution in [1.29, 1.82) is 0 Å². The summed E-state index contributed by atoms with van der Waals surface area (Å²) in [5, 5.41) is 11.4. The van der Waals surface area contributed by atoms with Gasteiger partial charge in [-0.05, 0) is 23.8 Å². The monoisotopic (exact) mass is 490 g/mol. The quantitative estimate of drug-likeness (QED) is 0.440. The van der Waals surface area contributed by atoms with Crippen LogP contribution in [0.3, 0.4) is 0 Å². The molecule has 34 heavy (non-hydrogen) atoms. The summed E-state index contributed by atoms with van der Waals surface area (Å²) in [6.45, 7) is 4.71. The fourth-order valence-corrected chi connectivity index (χ4v) is 6.09. The Bertz CT molecular complexity index is 1180. The highest BCUT2D eigenvalue weighted by Gasteiger charge is 2.32. The number of morpholine rings is 1. The molecule has 0 spiro atoms. The zero-order valence-electron chi connectivity index (χ0n) is 18.6. The number of nitro groups is 1. The lowest BCUT2D eigenvalue weighted by Gasteiger charge is -2.37. The van der Waals surface area contributed by atoms with Gasteiger partial charge in [-0.2, -0.15) is 4.31 Å². The number of hydrogen-bond acceptors (Lipinski definition) is 9. The molecular weight excluding hydrogens is 464 g/mol. The van der Waals surface area contributed by atoms with Crippen LogP contribution in [0.5, 0.6) is 11.5 Å². The maximum absolute atomic E-state index is 13.4. The summed E-state index contributed by atoms with van der Waals surface area (Å²) in [5.41, 5.74) is 1.38. The summed E-state index contributed by atoms with van der Waals surface area (Å²) in [6.07, 6.45) is 0. The Morgan fingerprint density at radius 3 is 2.38 bits per heavy atom. The number of anilines is 1. The molecule has 11 nitrogen and oxygen atoms in total. The molecule has 0 aromatic heterocycles. The number of hydrogen-bond donors (Lipinski definition) is 0. The summed E-state index contributed by atoms with van der Waals surface area (Å²) in [5.74, 6) is 1.50. The molecule has 182 valence electrons. The van der Waals surface area contributed by atoms with Crippen LogP contribution in [0.4, 0.5) is 11.4 Å². The molecule has 0 amide bonds. The van der Waals surface area contributed by atoms with Gasteiger partial charge in [0.25, 0.3) is 5.69 Å². The van der Waals surface area contributed by atoms with Crippen molar-refractivity contribution in [3.8, 4) is 11.5 Å². The van der Waals surface area contributed by atoms with Gasteiger partial charge >= 0.3 is 0 Å². The van der Waals surface area contributed by atoms with E-state index in [0.29, 0.717) is 32.0 Å². The van der Waals surface area contributed by atoms with Crippen molar-refractivity contribution in [2.75, 3.05) is 64.2 Å². The Kier molecular flexibility index (Phi) is 6.30. The molecule has 3 heterocycles. The molecule has 2 aromatic carbocycles. The highest BCUT2D eigenvalue weighted by atomic mass is 32.2. The molecule has 0 bridgehead atoms. The number of nitro benzene ring substituents is 1. The van der Waals surface area contributed by atoms with E-state index in [1.54, 1.807) is 6.07 Å². The van der Waals surface area contributed by atoms with Crippen molar-refractivity contribution in [3.63, 3.8) is 0 Å². The molecule has 2 saturated heterocycles. The molecule has 0 N–H and O–H groups in total. The number of fused-ring (bicyclic) bond motifs is 1. The second-order valence-corrected chi connectivity index (χ2v) is 10.3. The lowest BCUT2D eigenvalue weighted by molar-refractivity contribution is -0.385. The second-order valence-electron chi connectivity index (χ2n) is 8.38. The summed E-state index contributed by atoms with van der Waals surface area (Å²) < 4.78 is 44.3. The highest BCUT2D eigenvalue weighted by Crippen LogP contribution is 2.34. The average molecular weight is 491 g/mol. The Labute approximate surface area is 197 Å². The minimum Gasteiger partial charge on any atom is -0.454 e. The van der Waals surface area contributed by atoms with Gasteiger partial charge in [0.1, 0.15) is 4.90 Å². The van der Waals surface area contributed by atoms with E-state index in [1.807, 2.05) is 23.1 Å². The summed E-state index contributed by atoms with van der Waals surface area (Å²) in [4.78, 5) is 15.1. The predicted molar refractivity (Wildman–Crippen MR) is 123 cm³/mol. The largest absolute Gasteiger partial charge is 0.454 e. The standard InChI is InChI=1S/C22H26N4O7S/c27-26(28)18-2-3-19(22(14-18)34(29,30)25-9-11-31-12-10-25)24-7-5-23(6-8-24)15-17-1-4-20-21(13-17)33-16-32-20/h1-4,13-14H,5-12,15-16H2. The van der Waals surface area contributed by atoms with Crippen molar-refractivity contribution < 1.29 is 27.6 Å². The summed E-state index contributed by atoms with van der Waals surface area (Å²) >= 11 is 0. The van der Waals surface area contributed by atoms with Crippen LogP contribution in [-0.4, -0.2) is 81.8 Å². The lowest BCUT2D eigenvalue weighted by atomic mass is 10.1. The van der Waals surface area contributed by atoms with E-state index in [2.05, 4.69) is 4.90 Å². The maximum atomic E-state index is 13.4. The molecule has 3 aliphatic rings. The van der Waals surface area contributed by atoms with Gasteiger partial charge in [0, 0.05) is 57.9 Å². The van der Waals surface area contributed by atoms with Crippen LogP contribution in [0.1, 0.15) is 5.56 Å². The third kappa shape index (κ3) is 4.53. The summed E-state index contributed by atoms with van der Waals surface area (Å²) in [6, 6.07) is 10.0. The lowest BCUT2D eigenvalue weighted by Crippen LogP contribution is -2.47. The molecule has 2 fully saturated rings. The van der Waals surface area contributed by atoms with Crippen LogP contribution < -0.4 is 14.4 Å². The van der Waals surface area contributed by atoms with Crippen LogP contribution in [0.25, 0.3) is 0 Å². The van der Waals surface area contributed by atoms with Gasteiger partial charge in [-0.25, -0.2) is 8.42 Å². The zero-order valence-corrected chi connectivity index (χ0v) is 19.4. The minimum absolute atomic E-state index is 0.0205. The fraction of sp³-hybridized carbons (Fsp3) is 0.455. The fourth-order valence-electron chi connectivity index (χ4n) is 4.45. The van der Waals surface area contributed by atoms with Gasteiger partial charge in [-0.15, -0.1) is 0 Å². The smallest absolute Gasteiger partial charge is 0.270 e. The van der Waals surface area contributed by atoms with Gasteiger partial charge < -0.3 is 19.1 Å². The third-order valence-corrected chi connectivity index (χ3v) is 8.23. The molecule has 2 aromatic rings. The Morgan fingerprint density at radius 2 is 1.65 bits per heavy atom. The van der Waals surface area contributed by atoms with E-state index >= 15 is 0 Å². The minimum atomic E-state index is -3.90. The molecule has 0 radical (unpaired) electrons. The zero-order chi connectivity index (χ0) is 23.7. The van der Waals surface area contributed by atoms with E-state index < -0.39 is 14.9 Å². The normalized spacial score (nSPS) is 19.4. The van der Waals surface area contributed by atoms with Crippen LogP contribution in [0.15, 0.2) is 41.3 Å². The first-order valence-electron chi connectivity index (χ1n) is 11.1. The first-order valence-corrected chi connectivity index (χ1v) is 12.6. The van der Waals surface area contributed by atoms with E-state index in [4.69, 9.17) is 14.2 Å². The first-order chi connectivity index (χ1) is 16.4. The molecule has 5 rings (SSSR count). The average Bonchev–Trinajstić information content (AvgIpc) is 3.33. The van der Waals surface area contributed by atoms with E-state index in [-0.39, 0.29) is 30.5 Å². The van der Waals surface area contributed by atoms with Gasteiger partial charge in [-0.1, -0.05) is 6.07 Å². The molecular formula is C22H26N4O7S. The van der Waals surface area contributed by atoms with Crippen LogP contribution in [0, 0.1) is 10.1 Å². The van der Waals surface area contributed by atoms with E-state index in [9.17, 15) is 18.5 Å². The number of ether oxygens (including phenoxy) is 3. The second kappa shape index (κ2) is 9.37. The Balaban J connectivity index is 1.33.